The van der Waals surface area contributed by atoms with Gasteiger partial charge in [-0.05, 0) is 18.6 Å². The van der Waals surface area contributed by atoms with Gasteiger partial charge in [-0.3, -0.25) is 14.8 Å². The summed E-state index contributed by atoms with van der Waals surface area (Å²) in [4.78, 5) is 9.55. The summed E-state index contributed by atoms with van der Waals surface area (Å²) in [5, 5.41) is 1.23. The second-order valence-electron chi connectivity index (χ2n) is 5.89. The third kappa shape index (κ3) is 3.23. The van der Waals surface area contributed by atoms with Gasteiger partial charge in [-0.15, -0.1) is 0 Å². The normalized spacial score (nSPS) is 19.0. The van der Waals surface area contributed by atoms with E-state index in [9.17, 15) is 0 Å². The molecule has 4 nitrogen and oxygen atoms in total. The van der Waals surface area contributed by atoms with Gasteiger partial charge in [0.1, 0.15) is 0 Å². The molecule has 0 amide bonds. The molecular weight excluding hydrogens is 260 g/mol. The van der Waals surface area contributed by atoms with Crippen LogP contribution in [0.2, 0.25) is 0 Å². The molecule has 0 spiro atoms. The Balaban J connectivity index is 1.67. The lowest BCUT2D eigenvalue weighted by molar-refractivity contribution is 0.101. The zero-order valence-electron chi connectivity index (χ0n) is 12.7. The Morgan fingerprint density at radius 1 is 1.14 bits per heavy atom. The van der Waals surface area contributed by atoms with Crippen molar-refractivity contribution in [2.24, 2.45) is 5.73 Å². The number of piperazine rings is 1. The zero-order chi connectivity index (χ0) is 14.7. The molecule has 3 rings (SSSR count). The standard InChI is InChI=1S/C17H24N4/c1-14(12-18)21-10-8-20(9-11-21)13-16-5-2-4-15-6-3-7-19-17(15)16/h2-7,14H,8-13,18H2,1H3. The minimum absolute atomic E-state index is 0.492. The van der Waals surface area contributed by atoms with Crippen molar-refractivity contribution in [3.63, 3.8) is 0 Å². The van der Waals surface area contributed by atoms with E-state index in [4.69, 9.17) is 5.73 Å². The van der Waals surface area contributed by atoms with Gasteiger partial charge in [0.05, 0.1) is 5.52 Å². The van der Waals surface area contributed by atoms with Crippen LogP contribution in [-0.2, 0) is 6.54 Å². The zero-order valence-corrected chi connectivity index (χ0v) is 12.7. The smallest absolute Gasteiger partial charge is 0.0746 e. The minimum Gasteiger partial charge on any atom is -0.329 e. The first-order chi connectivity index (χ1) is 10.3. The van der Waals surface area contributed by atoms with E-state index in [1.54, 1.807) is 0 Å². The van der Waals surface area contributed by atoms with Crippen LogP contribution in [0.1, 0.15) is 12.5 Å². The Labute approximate surface area is 126 Å². The average molecular weight is 284 g/mol. The number of hydrogen-bond donors (Lipinski definition) is 1. The van der Waals surface area contributed by atoms with Gasteiger partial charge >= 0.3 is 0 Å². The van der Waals surface area contributed by atoms with Crippen LogP contribution in [-0.4, -0.2) is 53.5 Å². The second-order valence-corrected chi connectivity index (χ2v) is 5.89. The molecule has 0 saturated carbocycles. The molecule has 1 aromatic heterocycles. The highest BCUT2D eigenvalue weighted by Gasteiger charge is 2.20. The Hall–Kier alpha value is -1.49. The fraction of sp³-hybridized carbons (Fsp3) is 0.471. The fourth-order valence-electron chi connectivity index (χ4n) is 3.05. The molecule has 2 N–H and O–H groups in total. The van der Waals surface area contributed by atoms with E-state index in [0.29, 0.717) is 6.04 Å². The first kappa shape index (κ1) is 14.4. The van der Waals surface area contributed by atoms with Crippen molar-refractivity contribution < 1.29 is 0 Å². The van der Waals surface area contributed by atoms with Crippen LogP contribution < -0.4 is 5.73 Å². The van der Waals surface area contributed by atoms with Crippen molar-refractivity contribution in [3.8, 4) is 0 Å². The van der Waals surface area contributed by atoms with Gasteiger partial charge < -0.3 is 5.73 Å². The quantitative estimate of drug-likeness (QED) is 0.928. The van der Waals surface area contributed by atoms with Gasteiger partial charge in [-0.1, -0.05) is 24.3 Å². The third-order valence-corrected chi connectivity index (χ3v) is 4.48. The maximum absolute atomic E-state index is 5.76. The summed E-state index contributed by atoms with van der Waals surface area (Å²) in [5.74, 6) is 0. The lowest BCUT2D eigenvalue weighted by atomic mass is 10.1. The lowest BCUT2D eigenvalue weighted by Gasteiger charge is -2.37. The van der Waals surface area contributed by atoms with Crippen LogP contribution in [0.15, 0.2) is 36.5 Å². The summed E-state index contributed by atoms with van der Waals surface area (Å²) < 4.78 is 0. The molecule has 0 aliphatic carbocycles. The number of benzene rings is 1. The molecule has 1 aromatic carbocycles. The molecule has 2 aromatic rings. The van der Waals surface area contributed by atoms with Crippen LogP contribution in [0.25, 0.3) is 10.9 Å². The summed E-state index contributed by atoms with van der Waals surface area (Å²) in [5.41, 5.74) is 8.22. The third-order valence-electron chi connectivity index (χ3n) is 4.48. The van der Waals surface area contributed by atoms with Gasteiger partial charge in [-0.25, -0.2) is 0 Å². The minimum atomic E-state index is 0.492. The number of rotatable bonds is 4. The van der Waals surface area contributed by atoms with Crippen molar-refractivity contribution in [1.29, 1.82) is 0 Å². The number of nitrogens with two attached hydrogens (primary N) is 1. The molecule has 112 valence electrons. The highest BCUT2D eigenvalue weighted by Crippen LogP contribution is 2.18. The van der Waals surface area contributed by atoms with E-state index in [-0.39, 0.29) is 0 Å². The predicted octanol–water partition coefficient (Wildman–Crippen LogP) is 1.70. The lowest BCUT2D eigenvalue weighted by Crippen LogP contribution is -2.51. The summed E-state index contributed by atoms with van der Waals surface area (Å²) in [6.07, 6.45) is 1.88. The van der Waals surface area contributed by atoms with Crippen LogP contribution in [0.4, 0.5) is 0 Å². The predicted molar refractivity (Wildman–Crippen MR) is 87.1 cm³/mol. The van der Waals surface area contributed by atoms with E-state index in [1.807, 2.05) is 12.3 Å². The van der Waals surface area contributed by atoms with Crippen molar-refractivity contribution in [2.45, 2.75) is 19.5 Å². The van der Waals surface area contributed by atoms with Gasteiger partial charge in [0.15, 0.2) is 0 Å². The molecule has 1 atom stereocenters. The number of para-hydroxylation sites is 1. The van der Waals surface area contributed by atoms with Gasteiger partial charge in [-0.2, -0.15) is 0 Å². The molecule has 0 radical (unpaired) electrons. The van der Waals surface area contributed by atoms with E-state index in [2.05, 4.69) is 46.0 Å². The number of pyridine rings is 1. The summed E-state index contributed by atoms with van der Waals surface area (Å²) in [6, 6.07) is 11.1. The van der Waals surface area contributed by atoms with E-state index >= 15 is 0 Å². The van der Waals surface area contributed by atoms with Crippen LogP contribution in [0, 0.1) is 0 Å². The molecule has 0 bridgehead atoms. The van der Waals surface area contributed by atoms with Crippen molar-refractivity contribution in [1.82, 2.24) is 14.8 Å². The summed E-state index contributed by atoms with van der Waals surface area (Å²) >= 11 is 0. The Morgan fingerprint density at radius 2 is 1.90 bits per heavy atom. The van der Waals surface area contributed by atoms with Crippen molar-refractivity contribution >= 4 is 10.9 Å². The maximum Gasteiger partial charge on any atom is 0.0746 e. The van der Waals surface area contributed by atoms with E-state index in [0.717, 1.165) is 44.8 Å². The van der Waals surface area contributed by atoms with Crippen LogP contribution >= 0.6 is 0 Å². The molecule has 1 aliphatic heterocycles. The van der Waals surface area contributed by atoms with Gasteiger partial charge in [0, 0.05) is 56.9 Å². The highest BCUT2D eigenvalue weighted by atomic mass is 15.3. The van der Waals surface area contributed by atoms with Crippen molar-refractivity contribution in [3.05, 3.63) is 42.1 Å². The van der Waals surface area contributed by atoms with Crippen LogP contribution in [0.5, 0.6) is 0 Å². The molecule has 1 unspecified atom stereocenters. The van der Waals surface area contributed by atoms with E-state index in [1.165, 1.54) is 10.9 Å². The fourth-order valence-corrected chi connectivity index (χ4v) is 3.05. The number of aromatic nitrogens is 1. The van der Waals surface area contributed by atoms with Gasteiger partial charge in [0.25, 0.3) is 0 Å². The maximum atomic E-state index is 5.76. The number of nitrogens with zero attached hydrogens (tertiary/aromatic N) is 3. The van der Waals surface area contributed by atoms with E-state index < -0.39 is 0 Å². The monoisotopic (exact) mass is 284 g/mol. The second kappa shape index (κ2) is 6.52. The number of fused-ring (bicyclic) bond motifs is 1. The van der Waals surface area contributed by atoms with Crippen LogP contribution in [0.3, 0.4) is 0 Å². The summed E-state index contributed by atoms with van der Waals surface area (Å²) in [6.45, 7) is 8.37. The Morgan fingerprint density at radius 3 is 2.67 bits per heavy atom. The number of hydrogen-bond acceptors (Lipinski definition) is 4. The average Bonchev–Trinajstić information content (AvgIpc) is 2.55. The highest BCUT2D eigenvalue weighted by molar-refractivity contribution is 5.81. The van der Waals surface area contributed by atoms with Crippen molar-refractivity contribution in [2.75, 3.05) is 32.7 Å². The molecular formula is C17H24N4. The molecule has 2 heterocycles. The molecule has 21 heavy (non-hydrogen) atoms. The molecule has 1 saturated heterocycles. The molecule has 4 heteroatoms. The SMILES string of the molecule is CC(CN)N1CCN(Cc2cccc3cccnc23)CC1. The largest absolute Gasteiger partial charge is 0.329 e. The Bertz CT molecular complexity index is 585. The Kier molecular flexibility index (Phi) is 4.48. The topological polar surface area (TPSA) is 45.4 Å². The van der Waals surface area contributed by atoms with Gasteiger partial charge in [0.2, 0.25) is 0 Å². The molecule has 1 aliphatic rings. The molecule has 1 fully saturated rings. The first-order valence-corrected chi connectivity index (χ1v) is 7.77. The first-order valence-electron chi connectivity index (χ1n) is 7.77. The summed E-state index contributed by atoms with van der Waals surface area (Å²) in [7, 11) is 0.